The van der Waals surface area contributed by atoms with Crippen LogP contribution in [-0.2, 0) is 0 Å². The quantitative estimate of drug-likeness (QED) is 0.804. The summed E-state index contributed by atoms with van der Waals surface area (Å²) in [7, 11) is 0. The molecule has 0 saturated heterocycles. The molecule has 0 fully saturated rings. The second-order valence-electron chi connectivity index (χ2n) is 4.79. The minimum absolute atomic E-state index is 0.212. The number of carbonyl (C=O) groups excluding carboxylic acids is 1. The van der Waals surface area contributed by atoms with Gasteiger partial charge in [-0.1, -0.05) is 43.4 Å². The summed E-state index contributed by atoms with van der Waals surface area (Å²) in [5.74, 6) is 0.134. The van der Waals surface area contributed by atoms with Crippen LogP contribution < -0.4 is 5.32 Å². The molecule has 0 radical (unpaired) electrons. The number of nitrogens with zero attached hydrogens (tertiary/aromatic N) is 3. The number of carbonyl (C=O) groups is 1. The molecule has 0 atom stereocenters. The Balaban J connectivity index is 1.87. The first-order valence-electron chi connectivity index (χ1n) is 6.34. The normalized spacial score (nSPS) is 11.2. The number of amides is 1. The molecule has 6 heteroatoms. The predicted molar refractivity (Wildman–Crippen MR) is 79.3 cm³/mol. The molecular formula is C14H14N4OS. The first kappa shape index (κ1) is 12.8. The molecule has 0 unspecified atom stereocenters. The lowest BCUT2D eigenvalue weighted by Crippen LogP contribution is -2.14. The third-order valence-corrected chi connectivity index (χ3v) is 3.74. The monoisotopic (exact) mass is 286 g/mol. The van der Waals surface area contributed by atoms with Gasteiger partial charge in [-0.05, 0) is 17.5 Å². The maximum Gasteiger partial charge on any atom is 0.275 e. The zero-order chi connectivity index (χ0) is 14.1. The summed E-state index contributed by atoms with van der Waals surface area (Å²) in [6.07, 6.45) is 1.64. The lowest BCUT2D eigenvalue weighted by molar-refractivity contribution is 0.102. The van der Waals surface area contributed by atoms with Crippen molar-refractivity contribution < 1.29 is 4.79 Å². The topological polar surface area (TPSA) is 59.3 Å². The summed E-state index contributed by atoms with van der Waals surface area (Å²) in [5, 5.41) is 6.99. The summed E-state index contributed by atoms with van der Waals surface area (Å²) >= 11 is 1.40. The molecule has 0 aliphatic heterocycles. The van der Waals surface area contributed by atoms with E-state index in [9.17, 15) is 4.79 Å². The highest BCUT2D eigenvalue weighted by Gasteiger charge is 2.14. The number of anilines is 1. The molecule has 0 aliphatic rings. The summed E-state index contributed by atoms with van der Waals surface area (Å²) in [6.45, 7) is 4.20. The van der Waals surface area contributed by atoms with Gasteiger partial charge in [0, 0.05) is 5.69 Å². The van der Waals surface area contributed by atoms with E-state index in [-0.39, 0.29) is 5.91 Å². The second kappa shape index (κ2) is 5.05. The van der Waals surface area contributed by atoms with Crippen molar-refractivity contribution in [2.45, 2.75) is 19.8 Å². The van der Waals surface area contributed by atoms with Crippen LogP contribution in [0.2, 0.25) is 0 Å². The Kier molecular flexibility index (Phi) is 3.23. The molecule has 0 saturated carbocycles. The van der Waals surface area contributed by atoms with Crippen LogP contribution in [0, 0.1) is 0 Å². The summed E-state index contributed by atoms with van der Waals surface area (Å²) < 4.78 is 1.61. The van der Waals surface area contributed by atoms with Gasteiger partial charge in [0.15, 0.2) is 0 Å². The Labute approximate surface area is 120 Å². The number of rotatable bonds is 3. The molecule has 20 heavy (non-hydrogen) atoms. The fourth-order valence-electron chi connectivity index (χ4n) is 2.05. The number of para-hydroxylation sites is 1. The van der Waals surface area contributed by atoms with Crippen LogP contribution in [0.3, 0.4) is 0 Å². The predicted octanol–water partition coefficient (Wildman–Crippen LogP) is 3.17. The minimum Gasteiger partial charge on any atom is -0.320 e. The molecule has 1 N–H and O–H groups in total. The molecule has 0 bridgehead atoms. The van der Waals surface area contributed by atoms with E-state index in [1.54, 1.807) is 16.2 Å². The van der Waals surface area contributed by atoms with Gasteiger partial charge in [0.25, 0.3) is 5.91 Å². The first-order valence-corrected chi connectivity index (χ1v) is 7.22. The number of hydrogen-bond donors (Lipinski definition) is 1. The van der Waals surface area contributed by atoms with Crippen molar-refractivity contribution in [2.24, 2.45) is 0 Å². The van der Waals surface area contributed by atoms with Crippen LogP contribution >= 0.6 is 11.3 Å². The molecule has 2 heterocycles. The zero-order valence-corrected chi connectivity index (χ0v) is 12.0. The molecule has 0 aliphatic carbocycles. The van der Waals surface area contributed by atoms with Gasteiger partial charge < -0.3 is 5.32 Å². The van der Waals surface area contributed by atoms with Crippen LogP contribution in [0.15, 0.2) is 36.0 Å². The van der Waals surface area contributed by atoms with E-state index in [1.807, 2.05) is 24.3 Å². The number of imidazole rings is 1. The maximum atomic E-state index is 12.2. The van der Waals surface area contributed by atoms with Crippen molar-refractivity contribution >= 4 is 27.9 Å². The van der Waals surface area contributed by atoms with Crippen LogP contribution in [0.5, 0.6) is 0 Å². The molecule has 0 spiro atoms. The molecule has 102 valence electrons. The van der Waals surface area contributed by atoms with Gasteiger partial charge in [0.1, 0.15) is 11.2 Å². The van der Waals surface area contributed by atoms with Crippen LogP contribution in [0.1, 0.15) is 35.8 Å². The van der Waals surface area contributed by atoms with E-state index in [0.717, 1.165) is 11.3 Å². The van der Waals surface area contributed by atoms with Gasteiger partial charge in [0.05, 0.1) is 6.20 Å². The highest BCUT2D eigenvalue weighted by Crippen LogP contribution is 2.24. The van der Waals surface area contributed by atoms with E-state index in [1.165, 1.54) is 11.3 Å². The number of benzene rings is 1. The maximum absolute atomic E-state index is 12.2. The lowest BCUT2D eigenvalue weighted by Gasteiger charge is -2.12. The van der Waals surface area contributed by atoms with Gasteiger partial charge >= 0.3 is 0 Å². The van der Waals surface area contributed by atoms with E-state index in [2.05, 4.69) is 29.2 Å². The van der Waals surface area contributed by atoms with Gasteiger partial charge in [-0.2, -0.15) is 5.10 Å². The van der Waals surface area contributed by atoms with E-state index >= 15 is 0 Å². The third kappa shape index (κ3) is 2.30. The molecule has 1 aromatic carbocycles. The third-order valence-electron chi connectivity index (χ3n) is 3.05. The summed E-state index contributed by atoms with van der Waals surface area (Å²) in [6, 6.07) is 7.81. The smallest absolute Gasteiger partial charge is 0.275 e. The highest BCUT2D eigenvalue weighted by molar-refractivity contribution is 7.14. The van der Waals surface area contributed by atoms with Crippen molar-refractivity contribution in [1.29, 1.82) is 0 Å². The Morgan fingerprint density at radius 3 is 2.90 bits per heavy atom. The Morgan fingerprint density at radius 1 is 1.35 bits per heavy atom. The minimum atomic E-state index is -0.212. The second-order valence-corrected chi connectivity index (χ2v) is 5.60. The Bertz CT molecular complexity index is 731. The SMILES string of the molecule is CC(C)c1ccccc1NC(=O)c1cn2ncsc2n1. The zero-order valence-electron chi connectivity index (χ0n) is 11.2. The van der Waals surface area contributed by atoms with E-state index < -0.39 is 0 Å². The Hall–Kier alpha value is -2.21. The van der Waals surface area contributed by atoms with Crippen molar-refractivity contribution in [3.8, 4) is 0 Å². The van der Waals surface area contributed by atoms with Crippen LogP contribution in [-0.4, -0.2) is 20.5 Å². The van der Waals surface area contributed by atoms with Crippen molar-refractivity contribution in [3.05, 3.63) is 47.2 Å². The highest BCUT2D eigenvalue weighted by atomic mass is 32.1. The first-order chi connectivity index (χ1) is 9.65. The Morgan fingerprint density at radius 2 is 2.15 bits per heavy atom. The average Bonchev–Trinajstić information content (AvgIpc) is 2.99. The van der Waals surface area contributed by atoms with Crippen molar-refractivity contribution in [2.75, 3.05) is 5.32 Å². The van der Waals surface area contributed by atoms with Crippen LogP contribution in [0.4, 0.5) is 5.69 Å². The van der Waals surface area contributed by atoms with Gasteiger partial charge in [-0.3, -0.25) is 4.79 Å². The van der Waals surface area contributed by atoms with Crippen LogP contribution in [0.25, 0.3) is 4.96 Å². The summed E-state index contributed by atoms with van der Waals surface area (Å²) in [4.78, 5) is 17.2. The largest absolute Gasteiger partial charge is 0.320 e. The molecule has 2 aromatic heterocycles. The van der Waals surface area contributed by atoms with Gasteiger partial charge in [-0.25, -0.2) is 9.50 Å². The molecular weight excluding hydrogens is 272 g/mol. The molecule has 5 nitrogen and oxygen atoms in total. The summed E-state index contributed by atoms with van der Waals surface area (Å²) in [5.41, 5.74) is 4.01. The molecule has 3 rings (SSSR count). The number of hydrogen-bond acceptors (Lipinski definition) is 4. The molecule has 3 aromatic rings. The van der Waals surface area contributed by atoms with Gasteiger partial charge in [0.2, 0.25) is 4.96 Å². The number of fused-ring (bicyclic) bond motifs is 1. The standard InChI is InChI=1S/C14H14N4OS/c1-9(2)10-5-3-4-6-11(10)16-13(19)12-7-18-14(17-12)20-8-15-18/h3-9H,1-2H3,(H,16,19). The van der Waals surface area contributed by atoms with E-state index in [4.69, 9.17) is 0 Å². The van der Waals surface area contributed by atoms with Gasteiger partial charge in [-0.15, -0.1) is 0 Å². The number of aromatic nitrogens is 3. The van der Waals surface area contributed by atoms with Crippen molar-refractivity contribution in [3.63, 3.8) is 0 Å². The average molecular weight is 286 g/mol. The number of nitrogens with one attached hydrogen (secondary N) is 1. The van der Waals surface area contributed by atoms with E-state index in [0.29, 0.717) is 16.6 Å². The lowest BCUT2D eigenvalue weighted by atomic mass is 10.0. The molecule has 1 amide bonds. The fourth-order valence-corrected chi connectivity index (χ4v) is 2.65. The van der Waals surface area contributed by atoms with Crippen molar-refractivity contribution in [1.82, 2.24) is 14.6 Å². The fraction of sp³-hybridized carbons (Fsp3) is 0.214.